The van der Waals surface area contributed by atoms with Crippen molar-refractivity contribution in [2.45, 2.75) is 76.8 Å². The van der Waals surface area contributed by atoms with Crippen molar-refractivity contribution >= 4 is 11.9 Å². The van der Waals surface area contributed by atoms with Crippen LogP contribution in [0.25, 0.3) is 0 Å². The van der Waals surface area contributed by atoms with E-state index in [1.54, 1.807) is 0 Å². The van der Waals surface area contributed by atoms with Gasteiger partial charge in [-0.3, -0.25) is 9.69 Å². The molecule has 0 aromatic heterocycles. The van der Waals surface area contributed by atoms with E-state index in [1.807, 2.05) is 11.9 Å². The molecular weight excluding hydrogens is 338 g/mol. The third-order valence-corrected chi connectivity index (χ3v) is 5.86. The highest BCUT2D eigenvalue weighted by molar-refractivity contribution is 6.07. The van der Waals surface area contributed by atoms with Gasteiger partial charge in [-0.1, -0.05) is 70.7 Å². The Hall–Kier alpha value is -1.88. The van der Waals surface area contributed by atoms with Crippen LogP contribution in [0.2, 0.25) is 0 Å². The maximum atomic E-state index is 13.0. The number of carbonyl (C=O) groups excluding carboxylic acids is 2. The highest BCUT2D eigenvalue weighted by Crippen LogP contribution is 2.32. The third kappa shape index (κ3) is 4.34. The topological polar surface area (TPSA) is 52.6 Å². The van der Waals surface area contributed by atoms with Gasteiger partial charge >= 0.3 is 6.03 Å². The van der Waals surface area contributed by atoms with Gasteiger partial charge in [-0.05, 0) is 36.4 Å². The second-order valence-electron chi connectivity index (χ2n) is 9.26. The summed E-state index contributed by atoms with van der Waals surface area (Å²) in [5.41, 5.74) is 1.97. The molecule has 2 aliphatic rings. The summed E-state index contributed by atoms with van der Waals surface area (Å²) in [6.07, 6.45) is 5.86. The first kappa shape index (κ1) is 19.9. The van der Waals surface area contributed by atoms with Crippen LogP contribution in [0, 0.1) is 0 Å². The van der Waals surface area contributed by atoms with Gasteiger partial charge in [0.2, 0.25) is 0 Å². The lowest BCUT2D eigenvalue weighted by molar-refractivity contribution is -0.133. The summed E-state index contributed by atoms with van der Waals surface area (Å²) in [6, 6.07) is 8.36. The highest BCUT2D eigenvalue weighted by atomic mass is 16.2. The van der Waals surface area contributed by atoms with Crippen LogP contribution < -0.4 is 5.32 Å². The first-order valence-electron chi connectivity index (χ1n) is 10.1. The smallest absolute Gasteiger partial charge is 0.323 e. The Bertz CT molecular complexity index is 683. The van der Waals surface area contributed by atoms with Crippen LogP contribution in [-0.2, 0) is 16.8 Å². The summed E-state index contributed by atoms with van der Waals surface area (Å²) >= 11 is 0. The molecule has 1 N–H and O–H groups in total. The summed E-state index contributed by atoms with van der Waals surface area (Å²) in [4.78, 5) is 28.9. The van der Waals surface area contributed by atoms with Crippen LogP contribution in [-0.4, -0.2) is 41.0 Å². The maximum absolute atomic E-state index is 13.0. The summed E-state index contributed by atoms with van der Waals surface area (Å²) in [7, 11) is 1.95. The molecular formula is C22H33N3O2. The summed E-state index contributed by atoms with van der Waals surface area (Å²) < 4.78 is 0. The summed E-state index contributed by atoms with van der Waals surface area (Å²) in [5, 5.41) is 3.01. The van der Waals surface area contributed by atoms with E-state index >= 15 is 0 Å². The zero-order valence-electron chi connectivity index (χ0n) is 17.2. The van der Waals surface area contributed by atoms with E-state index < -0.39 is 5.54 Å². The normalized spacial score (nSPS) is 20.3. The molecule has 1 heterocycles. The van der Waals surface area contributed by atoms with Crippen LogP contribution in [0.5, 0.6) is 0 Å². The predicted octanol–water partition coefficient (Wildman–Crippen LogP) is 4.02. The molecule has 0 radical (unpaired) electrons. The Morgan fingerprint density at radius 2 is 1.63 bits per heavy atom. The molecule has 1 saturated heterocycles. The molecule has 1 aromatic rings. The van der Waals surface area contributed by atoms with E-state index in [1.165, 1.54) is 16.0 Å². The number of urea groups is 1. The Morgan fingerprint density at radius 3 is 2.19 bits per heavy atom. The molecule has 3 amide bonds. The SMILES string of the molecule is CN(Cc1ccc(C(C)(C)C)cc1)CN1C(=O)NC2(CCCCCC2)C1=O. The van der Waals surface area contributed by atoms with Gasteiger partial charge in [0.05, 0.1) is 6.67 Å². The monoisotopic (exact) mass is 371 g/mol. The van der Waals surface area contributed by atoms with Crippen molar-refractivity contribution in [3.05, 3.63) is 35.4 Å². The number of rotatable bonds is 4. The Balaban J connectivity index is 1.62. The number of hydrogen-bond acceptors (Lipinski definition) is 3. The van der Waals surface area contributed by atoms with Crippen LogP contribution in [0.15, 0.2) is 24.3 Å². The average molecular weight is 372 g/mol. The minimum atomic E-state index is -0.650. The van der Waals surface area contributed by atoms with Gasteiger partial charge < -0.3 is 5.32 Å². The molecule has 5 nitrogen and oxygen atoms in total. The van der Waals surface area contributed by atoms with Gasteiger partial charge in [-0.15, -0.1) is 0 Å². The largest absolute Gasteiger partial charge is 0.326 e. The molecule has 1 aliphatic carbocycles. The zero-order chi connectivity index (χ0) is 19.7. The van der Waals surface area contributed by atoms with Crippen molar-refractivity contribution in [1.29, 1.82) is 0 Å². The minimum absolute atomic E-state index is 0.0377. The zero-order valence-corrected chi connectivity index (χ0v) is 17.2. The van der Waals surface area contributed by atoms with Gasteiger partial charge in [-0.25, -0.2) is 9.69 Å². The third-order valence-electron chi connectivity index (χ3n) is 5.86. The lowest BCUT2D eigenvalue weighted by Gasteiger charge is -2.26. The lowest BCUT2D eigenvalue weighted by atomic mass is 9.87. The number of nitrogens with zero attached hydrogens (tertiary/aromatic N) is 2. The molecule has 5 heteroatoms. The molecule has 3 rings (SSSR count). The molecule has 27 heavy (non-hydrogen) atoms. The minimum Gasteiger partial charge on any atom is -0.323 e. The van der Waals surface area contributed by atoms with Crippen LogP contribution in [0.4, 0.5) is 4.79 Å². The van der Waals surface area contributed by atoms with E-state index in [0.717, 1.165) is 38.5 Å². The van der Waals surface area contributed by atoms with Gasteiger partial charge in [0.25, 0.3) is 5.91 Å². The van der Waals surface area contributed by atoms with Crippen molar-refractivity contribution < 1.29 is 9.59 Å². The molecule has 2 fully saturated rings. The number of amides is 3. The fourth-order valence-electron chi connectivity index (χ4n) is 4.19. The molecule has 1 spiro atoms. The second-order valence-corrected chi connectivity index (χ2v) is 9.26. The average Bonchev–Trinajstić information content (AvgIpc) is 2.77. The number of imide groups is 1. The molecule has 0 atom stereocenters. The molecule has 0 unspecified atom stereocenters. The first-order chi connectivity index (χ1) is 12.7. The molecule has 1 saturated carbocycles. The standard InChI is InChI=1S/C22H33N3O2/c1-21(2,3)18-11-9-17(10-12-18)15-24(4)16-25-19(26)22(23-20(25)27)13-7-5-6-8-14-22/h9-12H,5-8,13-16H2,1-4H3,(H,23,27). The van der Waals surface area contributed by atoms with Gasteiger partial charge in [0.1, 0.15) is 5.54 Å². The van der Waals surface area contributed by atoms with E-state index in [2.05, 4.69) is 50.4 Å². The fourth-order valence-corrected chi connectivity index (χ4v) is 4.19. The van der Waals surface area contributed by atoms with Crippen molar-refractivity contribution in [3.8, 4) is 0 Å². The number of benzene rings is 1. The number of nitrogens with one attached hydrogen (secondary N) is 1. The summed E-state index contributed by atoms with van der Waals surface area (Å²) in [6.45, 7) is 7.64. The van der Waals surface area contributed by atoms with E-state index in [-0.39, 0.29) is 17.4 Å². The molecule has 1 aromatic carbocycles. The van der Waals surface area contributed by atoms with Crippen LogP contribution in [0.3, 0.4) is 0 Å². The lowest BCUT2D eigenvalue weighted by Crippen LogP contribution is -2.47. The second kappa shape index (κ2) is 7.63. The van der Waals surface area contributed by atoms with E-state index in [0.29, 0.717) is 13.2 Å². The fraction of sp³-hybridized carbons (Fsp3) is 0.636. The van der Waals surface area contributed by atoms with Crippen LogP contribution in [0.1, 0.15) is 70.4 Å². The first-order valence-corrected chi connectivity index (χ1v) is 10.1. The van der Waals surface area contributed by atoms with Gasteiger partial charge in [-0.2, -0.15) is 0 Å². The Morgan fingerprint density at radius 1 is 1.04 bits per heavy atom. The maximum Gasteiger partial charge on any atom is 0.326 e. The summed E-state index contributed by atoms with van der Waals surface area (Å²) in [5.74, 6) is -0.0377. The predicted molar refractivity (Wildman–Crippen MR) is 107 cm³/mol. The Labute approximate surface area is 163 Å². The van der Waals surface area contributed by atoms with Crippen molar-refractivity contribution in [1.82, 2.24) is 15.1 Å². The molecule has 0 bridgehead atoms. The van der Waals surface area contributed by atoms with Crippen LogP contribution >= 0.6 is 0 Å². The van der Waals surface area contributed by atoms with Gasteiger partial charge in [0, 0.05) is 6.54 Å². The highest BCUT2D eigenvalue weighted by Gasteiger charge is 2.50. The van der Waals surface area contributed by atoms with E-state index in [9.17, 15) is 9.59 Å². The Kier molecular flexibility index (Phi) is 5.61. The van der Waals surface area contributed by atoms with Crippen molar-refractivity contribution in [3.63, 3.8) is 0 Å². The van der Waals surface area contributed by atoms with Crippen molar-refractivity contribution in [2.75, 3.05) is 13.7 Å². The quantitative estimate of drug-likeness (QED) is 0.814. The molecule has 148 valence electrons. The number of carbonyl (C=O) groups is 2. The molecule has 1 aliphatic heterocycles. The van der Waals surface area contributed by atoms with Crippen molar-refractivity contribution in [2.24, 2.45) is 0 Å². The van der Waals surface area contributed by atoms with Gasteiger partial charge in [0.15, 0.2) is 0 Å². The number of hydrogen-bond donors (Lipinski definition) is 1. The van der Waals surface area contributed by atoms with E-state index in [4.69, 9.17) is 0 Å².